The minimum Gasteiger partial charge on any atom is -0.465 e. The van der Waals surface area contributed by atoms with Crippen LogP contribution in [0.25, 0.3) is 17.0 Å². The number of carbonyl (C=O) groups is 2. The lowest BCUT2D eigenvalue weighted by Crippen LogP contribution is -2.40. The number of aromatic amines is 1. The van der Waals surface area contributed by atoms with E-state index in [1.165, 1.54) is 18.9 Å². The number of nitrogens with zero attached hydrogens (tertiary/aromatic N) is 1. The van der Waals surface area contributed by atoms with Crippen LogP contribution in [-0.4, -0.2) is 24.0 Å². The van der Waals surface area contributed by atoms with Gasteiger partial charge in [-0.1, -0.05) is 72.4 Å². The molecular weight excluding hydrogens is 432 g/mol. The van der Waals surface area contributed by atoms with Crippen molar-refractivity contribution in [2.45, 2.75) is 11.8 Å². The minimum atomic E-state index is -0.790. The van der Waals surface area contributed by atoms with E-state index in [4.69, 9.17) is 4.74 Å². The van der Waals surface area contributed by atoms with Crippen molar-refractivity contribution in [2.75, 3.05) is 12.0 Å². The van der Waals surface area contributed by atoms with Crippen LogP contribution in [0.3, 0.4) is 0 Å². The van der Waals surface area contributed by atoms with Gasteiger partial charge >= 0.3 is 5.97 Å². The third-order valence-electron chi connectivity index (χ3n) is 5.89. The molecule has 1 saturated heterocycles. The minimum absolute atomic E-state index is 0.159. The van der Waals surface area contributed by atoms with Gasteiger partial charge in [0.25, 0.3) is 5.91 Å². The molecule has 1 aromatic heterocycles. The van der Waals surface area contributed by atoms with Crippen molar-refractivity contribution in [1.29, 1.82) is 0 Å². The number of hydrogen-bond acceptors (Lipinski definition) is 4. The number of amides is 1. The highest BCUT2D eigenvalue weighted by molar-refractivity contribution is 8.05. The van der Waals surface area contributed by atoms with Crippen LogP contribution in [0.2, 0.25) is 0 Å². The average molecular weight is 455 g/mol. The standard InChI is InChI=1S/C27H22N2O3S/c1-27(21-17-28-22-14-8-6-12-19(21)22)29(23-15-9-7-13-20(23)26(31)32-2)25(30)24(33-27)16-18-10-4-3-5-11-18/h3-17,28H,1-2H3/b24-16+. The Morgan fingerprint density at radius 1 is 1.00 bits per heavy atom. The zero-order valence-electron chi connectivity index (χ0n) is 18.2. The molecule has 0 aliphatic carbocycles. The van der Waals surface area contributed by atoms with Crippen LogP contribution >= 0.6 is 11.8 Å². The van der Waals surface area contributed by atoms with Crippen molar-refractivity contribution in [2.24, 2.45) is 0 Å². The summed E-state index contributed by atoms with van der Waals surface area (Å²) in [4.78, 5) is 31.3. The van der Waals surface area contributed by atoms with E-state index < -0.39 is 10.8 Å². The predicted octanol–water partition coefficient (Wildman–Crippen LogP) is 5.95. The number of esters is 1. The van der Waals surface area contributed by atoms with Gasteiger partial charge < -0.3 is 9.72 Å². The summed E-state index contributed by atoms with van der Waals surface area (Å²) in [7, 11) is 1.35. The molecule has 0 radical (unpaired) electrons. The number of hydrogen-bond donors (Lipinski definition) is 1. The first-order valence-corrected chi connectivity index (χ1v) is 11.4. The summed E-state index contributed by atoms with van der Waals surface area (Å²) in [6, 6.07) is 24.9. The fourth-order valence-corrected chi connectivity index (χ4v) is 5.67. The third kappa shape index (κ3) is 3.52. The number of para-hydroxylation sites is 2. The second-order valence-electron chi connectivity index (χ2n) is 7.90. The molecule has 1 unspecified atom stereocenters. The lowest BCUT2D eigenvalue weighted by Gasteiger charge is -2.34. The quantitative estimate of drug-likeness (QED) is 0.306. The Hall–Kier alpha value is -3.77. The lowest BCUT2D eigenvalue weighted by atomic mass is 10.0. The molecule has 1 N–H and O–H groups in total. The van der Waals surface area contributed by atoms with Gasteiger partial charge in [-0.3, -0.25) is 9.69 Å². The van der Waals surface area contributed by atoms with Gasteiger partial charge in [-0.05, 0) is 36.8 Å². The molecule has 33 heavy (non-hydrogen) atoms. The zero-order chi connectivity index (χ0) is 23.0. The first-order chi connectivity index (χ1) is 16.0. The molecule has 0 saturated carbocycles. The summed E-state index contributed by atoms with van der Waals surface area (Å²) < 4.78 is 5.02. The van der Waals surface area contributed by atoms with Crippen molar-refractivity contribution in [3.63, 3.8) is 0 Å². The average Bonchev–Trinajstić information content (AvgIpc) is 3.39. The number of H-pyrrole nitrogens is 1. The van der Waals surface area contributed by atoms with E-state index in [2.05, 4.69) is 4.98 Å². The number of methoxy groups -OCH3 is 1. The Labute approximate surface area is 196 Å². The second kappa shape index (κ2) is 8.30. The van der Waals surface area contributed by atoms with Crippen LogP contribution in [0, 0.1) is 0 Å². The summed E-state index contributed by atoms with van der Waals surface area (Å²) >= 11 is 1.48. The summed E-state index contributed by atoms with van der Waals surface area (Å²) in [6.45, 7) is 2.02. The summed E-state index contributed by atoms with van der Waals surface area (Å²) in [5.74, 6) is -0.641. The van der Waals surface area contributed by atoms with Gasteiger partial charge in [0.1, 0.15) is 4.87 Å². The normalized spacial score (nSPS) is 19.4. The predicted molar refractivity (Wildman–Crippen MR) is 133 cm³/mol. The summed E-state index contributed by atoms with van der Waals surface area (Å²) in [6.07, 6.45) is 3.85. The fourth-order valence-electron chi connectivity index (χ4n) is 4.32. The number of carbonyl (C=O) groups excluding carboxylic acids is 2. The Kier molecular flexibility index (Phi) is 5.30. The van der Waals surface area contributed by atoms with Crippen LogP contribution in [-0.2, 0) is 14.4 Å². The number of fused-ring (bicyclic) bond motifs is 1. The zero-order valence-corrected chi connectivity index (χ0v) is 19.1. The maximum absolute atomic E-state index is 13.9. The van der Waals surface area contributed by atoms with Crippen molar-refractivity contribution >= 4 is 46.3 Å². The molecule has 0 bridgehead atoms. The molecule has 3 aromatic carbocycles. The third-order valence-corrected chi connectivity index (χ3v) is 7.20. The topological polar surface area (TPSA) is 62.4 Å². The number of nitrogens with one attached hydrogen (secondary N) is 1. The first kappa shape index (κ1) is 21.1. The van der Waals surface area contributed by atoms with Gasteiger partial charge in [0.15, 0.2) is 0 Å². The first-order valence-electron chi connectivity index (χ1n) is 10.6. The maximum Gasteiger partial charge on any atom is 0.339 e. The number of benzene rings is 3. The second-order valence-corrected chi connectivity index (χ2v) is 9.34. The molecule has 5 rings (SSSR count). The van der Waals surface area contributed by atoms with Gasteiger partial charge in [-0.2, -0.15) is 0 Å². The SMILES string of the molecule is COC(=O)c1ccccc1N1C(=O)/C(=C\c2ccccc2)SC1(C)c1c[nH]c2ccccc12. The van der Waals surface area contributed by atoms with E-state index in [0.29, 0.717) is 16.2 Å². The Bertz CT molecular complexity index is 1390. The van der Waals surface area contributed by atoms with Crippen molar-refractivity contribution in [3.05, 3.63) is 107 Å². The lowest BCUT2D eigenvalue weighted by molar-refractivity contribution is -0.114. The largest absolute Gasteiger partial charge is 0.465 e. The molecule has 1 fully saturated rings. The van der Waals surface area contributed by atoms with E-state index >= 15 is 0 Å². The molecule has 4 aromatic rings. The van der Waals surface area contributed by atoms with Gasteiger partial charge in [0.05, 0.1) is 23.3 Å². The molecule has 1 amide bonds. The van der Waals surface area contributed by atoms with Crippen LogP contribution in [0.4, 0.5) is 5.69 Å². The number of rotatable bonds is 4. The summed E-state index contributed by atoms with van der Waals surface area (Å²) in [5, 5.41) is 1.03. The molecule has 1 aliphatic heterocycles. The van der Waals surface area contributed by atoms with E-state index in [1.54, 1.807) is 23.1 Å². The highest BCUT2D eigenvalue weighted by atomic mass is 32.2. The summed E-state index contributed by atoms with van der Waals surface area (Å²) in [5.41, 5.74) is 3.76. The number of ether oxygens (including phenoxy) is 1. The number of thioether (sulfide) groups is 1. The van der Waals surface area contributed by atoms with E-state index in [0.717, 1.165) is 22.0 Å². The van der Waals surface area contributed by atoms with Gasteiger partial charge in [0.2, 0.25) is 0 Å². The smallest absolute Gasteiger partial charge is 0.339 e. The Morgan fingerprint density at radius 2 is 1.70 bits per heavy atom. The Morgan fingerprint density at radius 3 is 2.48 bits per heavy atom. The fraction of sp³-hybridized carbons (Fsp3) is 0.111. The molecular formula is C27H22N2O3S. The van der Waals surface area contributed by atoms with E-state index in [-0.39, 0.29) is 5.91 Å². The molecule has 6 heteroatoms. The maximum atomic E-state index is 13.9. The monoisotopic (exact) mass is 454 g/mol. The highest BCUT2D eigenvalue weighted by Gasteiger charge is 2.50. The highest BCUT2D eigenvalue weighted by Crippen LogP contribution is 2.54. The van der Waals surface area contributed by atoms with Crippen LogP contribution in [0.5, 0.6) is 0 Å². The molecule has 5 nitrogen and oxygen atoms in total. The molecule has 1 atom stereocenters. The number of aromatic nitrogens is 1. The van der Waals surface area contributed by atoms with Crippen molar-refractivity contribution < 1.29 is 14.3 Å². The van der Waals surface area contributed by atoms with Gasteiger partial charge in [0, 0.05) is 22.7 Å². The van der Waals surface area contributed by atoms with Gasteiger partial charge in [-0.25, -0.2) is 4.79 Å². The molecule has 0 spiro atoms. The van der Waals surface area contributed by atoms with Crippen LogP contribution in [0.15, 0.2) is 90.0 Å². The van der Waals surface area contributed by atoms with Crippen LogP contribution in [0.1, 0.15) is 28.4 Å². The van der Waals surface area contributed by atoms with E-state index in [9.17, 15) is 9.59 Å². The van der Waals surface area contributed by atoms with Crippen molar-refractivity contribution in [1.82, 2.24) is 4.98 Å². The molecule has 1 aliphatic rings. The number of anilines is 1. The van der Waals surface area contributed by atoms with E-state index in [1.807, 2.05) is 79.9 Å². The molecule has 2 heterocycles. The van der Waals surface area contributed by atoms with Gasteiger partial charge in [-0.15, -0.1) is 0 Å². The van der Waals surface area contributed by atoms with Crippen LogP contribution < -0.4 is 4.90 Å². The molecule has 164 valence electrons. The van der Waals surface area contributed by atoms with Crippen molar-refractivity contribution in [3.8, 4) is 0 Å². The Balaban J connectivity index is 1.73.